The third-order valence-corrected chi connectivity index (χ3v) is 2.78. The molecule has 0 amide bonds. The van der Waals surface area contributed by atoms with Crippen LogP contribution < -0.4 is 11.1 Å². The van der Waals surface area contributed by atoms with E-state index in [4.69, 9.17) is 5.73 Å². The minimum Gasteiger partial charge on any atom is -0.397 e. The van der Waals surface area contributed by atoms with E-state index < -0.39 is 0 Å². The fraction of sp³-hybridized carbons (Fsp3) is 0.0769. The molecule has 0 bridgehead atoms. The minimum atomic E-state index is 0.678. The van der Waals surface area contributed by atoms with Gasteiger partial charge in [0.15, 0.2) is 5.82 Å². The van der Waals surface area contributed by atoms with E-state index >= 15 is 0 Å². The fourth-order valence-corrected chi connectivity index (χ4v) is 1.93. The molecule has 0 fully saturated rings. The van der Waals surface area contributed by atoms with Crippen molar-refractivity contribution < 1.29 is 0 Å². The summed E-state index contributed by atoms with van der Waals surface area (Å²) < 4.78 is 1.75. The molecule has 0 saturated heterocycles. The lowest BCUT2D eigenvalue weighted by Crippen LogP contribution is -1.96. The molecule has 0 atom stereocenters. The molecule has 0 unspecified atom stereocenters. The summed E-state index contributed by atoms with van der Waals surface area (Å²) >= 11 is 0. The quantitative estimate of drug-likeness (QED) is 0.673. The molecule has 0 spiro atoms. The first-order chi connectivity index (χ1) is 8.74. The number of nitrogens with two attached hydrogens (primary N) is 1. The predicted octanol–water partition coefficient (Wildman–Crippen LogP) is 2.29. The van der Waals surface area contributed by atoms with Crippen LogP contribution in [0.1, 0.15) is 0 Å². The SMILES string of the molecule is Cn1ccc(Nc2ccnc3c(N)cccc23)n1. The van der Waals surface area contributed by atoms with Gasteiger partial charge < -0.3 is 11.1 Å². The molecule has 0 aliphatic heterocycles. The average molecular weight is 239 g/mol. The van der Waals surface area contributed by atoms with Gasteiger partial charge in [0.1, 0.15) is 0 Å². The zero-order valence-corrected chi connectivity index (χ0v) is 9.96. The van der Waals surface area contributed by atoms with Crippen LogP contribution in [0.25, 0.3) is 10.9 Å². The van der Waals surface area contributed by atoms with Gasteiger partial charge in [0.25, 0.3) is 0 Å². The zero-order valence-electron chi connectivity index (χ0n) is 9.96. The molecule has 2 heterocycles. The van der Waals surface area contributed by atoms with Crippen LogP contribution in [0.5, 0.6) is 0 Å². The second-order valence-corrected chi connectivity index (χ2v) is 4.10. The van der Waals surface area contributed by atoms with E-state index in [1.165, 1.54) is 0 Å². The van der Waals surface area contributed by atoms with Gasteiger partial charge in [0, 0.05) is 30.9 Å². The summed E-state index contributed by atoms with van der Waals surface area (Å²) in [5.74, 6) is 0.799. The van der Waals surface area contributed by atoms with E-state index in [1.54, 1.807) is 10.9 Å². The molecule has 3 rings (SSSR count). The molecule has 0 aliphatic carbocycles. The molecule has 0 radical (unpaired) electrons. The number of nitrogens with one attached hydrogen (secondary N) is 1. The summed E-state index contributed by atoms with van der Waals surface area (Å²) in [7, 11) is 1.88. The van der Waals surface area contributed by atoms with Crippen LogP contribution in [-0.2, 0) is 7.05 Å². The van der Waals surface area contributed by atoms with Gasteiger partial charge in [-0.2, -0.15) is 5.10 Å². The summed E-state index contributed by atoms with van der Waals surface area (Å²) in [5.41, 5.74) is 8.34. The average Bonchev–Trinajstić information content (AvgIpc) is 2.76. The van der Waals surface area contributed by atoms with Gasteiger partial charge in [-0.3, -0.25) is 9.67 Å². The van der Waals surface area contributed by atoms with Crippen molar-refractivity contribution in [2.75, 3.05) is 11.1 Å². The number of nitrogen functional groups attached to an aromatic ring is 1. The molecule has 0 saturated carbocycles. The van der Waals surface area contributed by atoms with E-state index in [0.717, 1.165) is 22.4 Å². The molecule has 1 aromatic carbocycles. The van der Waals surface area contributed by atoms with Gasteiger partial charge in [0.2, 0.25) is 0 Å². The lowest BCUT2D eigenvalue weighted by atomic mass is 10.1. The highest BCUT2D eigenvalue weighted by atomic mass is 15.3. The number of para-hydroxylation sites is 1. The van der Waals surface area contributed by atoms with Crippen LogP contribution in [0.2, 0.25) is 0 Å². The third kappa shape index (κ3) is 1.75. The fourth-order valence-electron chi connectivity index (χ4n) is 1.93. The van der Waals surface area contributed by atoms with Crippen LogP contribution in [0.4, 0.5) is 17.2 Å². The number of anilines is 3. The van der Waals surface area contributed by atoms with Gasteiger partial charge in [-0.1, -0.05) is 12.1 Å². The maximum absolute atomic E-state index is 5.91. The summed E-state index contributed by atoms with van der Waals surface area (Å²) in [6, 6.07) is 9.59. The van der Waals surface area contributed by atoms with Gasteiger partial charge in [-0.25, -0.2) is 0 Å². The first-order valence-electron chi connectivity index (χ1n) is 5.64. The van der Waals surface area contributed by atoms with Gasteiger partial charge >= 0.3 is 0 Å². The number of aryl methyl sites for hydroxylation is 1. The summed E-state index contributed by atoms with van der Waals surface area (Å²) in [5, 5.41) is 8.55. The summed E-state index contributed by atoms with van der Waals surface area (Å²) in [6.45, 7) is 0. The van der Waals surface area contributed by atoms with E-state index in [2.05, 4.69) is 15.4 Å². The maximum atomic E-state index is 5.91. The molecule has 5 heteroatoms. The molecule has 2 aromatic heterocycles. The standard InChI is InChI=1S/C13H13N5/c1-18-8-6-12(17-18)16-11-5-7-15-13-9(11)3-2-4-10(13)14/h2-8H,14H2,1H3,(H,15,16,17). The Morgan fingerprint density at radius 1 is 1.22 bits per heavy atom. The predicted molar refractivity (Wildman–Crippen MR) is 72.6 cm³/mol. The number of pyridine rings is 1. The lowest BCUT2D eigenvalue weighted by molar-refractivity contribution is 0.771. The topological polar surface area (TPSA) is 68.8 Å². The summed E-state index contributed by atoms with van der Waals surface area (Å²) in [4.78, 5) is 4.30. The number of aromatic nitrogens is 3. The Balaban J connectivity index is 2.09. The zero-order chi connectivity index (χ0) is 12.5. The maximum Gasteiger partial charge on any atom is 0.152 e. The molecule has 18 heavy (non-hydrogen) atoms. The Morgan fingerprint density at radius 2 is 2.11 bits per heavy atom. The Hall–Kier alpha value is -2.56. The molecule has 5 nitrogen and oxygen atoms in total. The third-order valence-electron chi connectivity index (χ3n) is 2.78. The van der Waals surface area contributed by atoms with Gasteiger partial charge in [-0.15, -0.1) is 0 Å². The van der Waals surface area contributed by atoms with Crippen molar-refractivity contribution in [2.24, 2.45) is 7.05 Å². The van der Waals surface area contributed by atoms with E-state index in [-0.39, 0.29) is 0 Å². The molecule has 0 aliphatic rings. The van der Waals surface area contributed by atoms with Crippen LogP contribution in [-0.4, -0.2) is 14.8 Å². The smallest absolute Gasteiger partial charge is 0.152 e. The van der Waals surface area contributed by atoms with Gasteiger partial charge in [0.05, 0.1) is 16.9 Å². The Bertz CT molecular complexity index is 701. The minimum absolute atomic E-state index is 0.678. The number of hydrogen-bond donors (Lipinski definition) is 2. The monoisotopic (exact) mass is 239 g/mol. The van der Waals surface area contributed by atoms with E-state index in [0.29, 0.717) is 5.69 Å². The van der Waals surface area contributed by atoms with Crippen LogP contribution >= 0.6 is 0 Å². The number of benzene rings is 1. The number of fused-ring (bicyclic) bond motifs is 1. The van der Waals surface area contributed by atoms with Crippen molar-refractivity contribution in [3.05, 3.63) is 42.7 Å². The van der Waals surface area contributed by atoms with Crippen molar-refractivity contribution in [3.63, 3.8) is 0 Å². The highest BCUT2D eigenvalue weighted by molar-refractivity contribution is 5.98. The number of hydrogen-bond acceptors (Lipinski definition) is 4. The highest BCUT2D eigenvalue weighted by Gasteiger charge is 2.05. The Labute approximate surface area is 104 Å². The first-order valence-corrected chi connectivity index (χ1v) is 5.64. The Kier molecular flexibility index (Phi) is 2.37. The van der Waals surface area contributed by atoms with Crippen LogP contribution in [0.15, 0.2) is 42.7 Å². The van der Waals surface area contributed by atoms with Crippen LogP contribution in [0, 0.1) is 0 Å². The van der Waals surface area contributed by atoms with Crippen molar-refractivity contribution in [2.45, 2.75) is 0 Å². The molecular formula is C13H13N5. The number of nitrogens with zero attached hydrogens (tertiary/aromatic N) is 3. The van der Waals surface area contributed by atoms with Gasteiger partial charge in [-0.05, 0) is 12.1 Å². The summed E-state index contributed by atoms with van der Waals surface area (Å²) in [6.07, 6.45) is 3.63. The van der Waals surface area contributed by atoms with Crippen molar-refractivity contribution in [1.29, 1.82) is 0 Å². The number of rotatable bonds is 2. The van der Waals surface area contributed by atoms with Crippen molar-refractivity contribution >= 4 is 28.1 Å². The molecular weight excluding hydrogens is 226 g/mol. The van der Waals surface area contributed by atoms with E-state index in [1.807, 2.05) is 43.6 Å². The largest absolute Gasteiger partial charge is 0.397 e. The Morgan fingerprint density at radius 3 is 2.89 bits per heavy atom. The normalized spacial score (nSPS) is 10.7. The highest BCUT2D eigenvalue weighted by Crippen LogP contribution is 2.27. The second-order valence-electron chi connectivity index (χ2n) is 4.10. The lowest BCUT2D eigenvalue weighted by Gasteiger charge is -2.08. The van der Waals surface area contributed by atoms with E-state index in [9.17, 15) is 0 Å². The molecule has 90 valence electrons. The first kappa shape index (κ1) is 10.6. The second kappa shape index (κ2) is 4.03. The van der Waals surface area contributed by atoms with Crippen molar-refractivity contribution in [1.82, 2.24) is 14.8 Å². The van der Waals surface area contributed by atoms with Crippen LogP contribution in [0.3, 0.4) is 0 Å². The molecule has 3 N–H and O–H groups in total. The molecule has 3 aromatic rings. The van der Waals surface area contributed by atoms with Crippen molar-refractivity contribution in [3.8, 4) is 0 Å².